The van der Waals surface area contributed by atoms with Crippen LogP contribution >= 0.6 is 0 Å². The molecule has 1 saturated carbocycles. The van der Waals surface area contributed by atoms with Gasteiger partial charge in [-0.05, 0) is 49.4 Å². The van der Waals surface area contributed by atoms with Gasteiger partial charge >= 0.3 is 0 Å². The Morgan fingerprint density at radius 3 is 2.37 bits per heavy atom. The molecular formula is C22H32N2O3. The van der Waals surface area contributed by atoms with Crippen molar-refractivity contribution in [2.24, 2.45) is 11.8 Å². The van der Waals surface area contributed by atoms with Crippen molar-refractivity contribution >= 4 is 17.9 Å². The summed E-state index contributed by atoms with van der Waals surface area (Å²) in [5.74, 6) is 0.768. The van der Waals surface area contributed by atoms with Gasteiger partial charge in [-0.15, -0.1) is 0 Å². The molecule has 0 spiro atoms. The molecule has 2 N–H and O–H groups in total. The van der Waals surface area contributed by atoms with Gasteiger partial charge in [0, 0.05) is 30.3 Å². The molecule has 1 amide bonds. The van der Waals surface area contributed by atoms with Crippen molar-refractivity contribution in [1.29, 1.82) is 0 Å². The van der Waals surface area contributed by atoms with E-state index < -0.39 is 0 Å². The summed E-state index contributed by atoms with van der Waals surface area (Å²) < 4.78 is 0. The zero-order valence-electron chi connectivity index (χ0n) is 16.1. The Balaban J connectivity index is 1.46. The minimum Gasteiger partial charge on any atom is -0.394 e. The first-order chi connectivity index (χ1) is 13.2. The highest BCUT2D eigenvalue weighted by atomic mass is 16.3. The SMILES string of the molecule is O=Cc1ccc(N2CCC(C(=O)N[C@H](CO)CC3CCCCC3)CC2)cc1. The molecule has 1 aliphatic carbocycles. The van der Waals surface area contributed by atoms with Crippen LogP contribution in [0, 0.1) is 11.8 Å². The average Bonchev–Trinajstić information content (AvgIpc) is 2.74. The summed E-state index contributed by atoms with van der Waals surface area (Å²) >= 11 is 0. The molecule has 5 nitrogen and oxygen atoms in total. The number of anilines is 1. The number of benzene rings is 1. The van der Waals surface area contributed by atoms with Gasteiger partial charge in [-0.25, -0.2) is 0 Å². The van der Waals surface area contributed by atoms with Crippen LogP contribution in [-0.2, 0) is 4.79 Å². The van der Waals surface area contributed by atoms with Crippen molar-refractivity contribution in [3.05, 3.63) is 29.8 Å². The molecule has 5 heteroatoms. The normalized spacial score (nSPS) is 20.3. The number of hydrogen-bond acceptors (Lipinski definition) is 4. The van der Waals surface area contributed by atoms with Crippen LogP contribution in [0.5, 0.6) is 0 Å². The van der Waals surface area contributed by atoms with Crippen LogP contribution in [0.2, 0.25) is 0 Å². The number of rotatable bonds is 7. The number of carbonyl (C=O) groups is 2. The fraction of sp³-hybridized carbons (Fsp3) is 0.636. The first-order valence-electron chi connectivity index (χ1n) is 10.4. The van der Waals surface area contributed by atoms with E-state index in [-0.39, 0.29) is 24.5 Å². The van der Waals surface area contributed by atoms with Gasteiger partial charge in [-0.1, -0.05) is 32.1 Å². The Kier molecular flexibility index (Phi) is 7.27. The van der Waals surface area contributed by atoms with E-state index in [4.69, 9.17) is 0 Å². The second-order valence-electron chi connectivity index (χ2n) is 8.10. The lowest BCUT2D eigenvalue weighted by atomic mass is 9.84. The van der Waals surface area contributed by atoms with E-state index in [0.717, 1.165) is 44.3 Å². The van der Waals surface area contributed by atoms with Crippen molar-refractivity contribution in [2.45, 2.75) is 57.4 Å². The summed E-state index contributed by atoms with van der Waals surface area (Å²) in [5, 5.41) is 12.8. The maximum atomic E-state index is 12.7. The molecule has 1 saturated heterocycles. The van der Waals surface area contributed by atoms with Crippen LogP contribution in [0.3, 0.4) is 0 Å². The largest absolute Gasteiger partial charge is 0.394 e. The minimum atomic E-state index is -0.102. The maximum absolute atomic E-state index is 12.7. The third-order valence-electron chi connectivity index (χ3n) is 6.17. The predicted octanol–water partition coefficient (Wildman–Crippen LogP) is 3.16. The highest BCUT2D eigenvalue weighted by molar-refractivity contribution is 5.79. The van der Waals surface area contributed by atoms with E-state index in [2.05, 4.69) is 10.2 Å². The fourth-order valence-corrected chi connectivity index (χ4v) is 4.49. The lowest BCUT2D eigenvalue weighted by molar-refractivity contribution is -0.126. The van der Waals surface area contributed by atoms with Crippen LogP contribution < -0.4 is 10.2 Å². The van der Waals surface area contributed by atoms with E-state index in [0.29, 0.717) is 11.5 Å². The predicted molar refractivity (Wildman–Crippen MR) is 107 cm³/mol. The molecular weight excluding hydrogens is 340 g/mol. The summed E-state index contributed by atoms with van der Waals surface area (Å²) in [6.07, 6.45) is 9.75. The summed E-state index contributed by atoms with van der Waals surface area (Å²) in [4.78, 5) is 25.7. The smallest absolute Gasteiger partial charge is 0.223 e. The van der Waals surface area contributed by atoms with Gasteiger partial charge in [0.1, 0.15) is 6.29 Å². The summed E-state index contributed by atoms with van der Waals surface area (Å²) in [6, 6.07) is 7.50. The molecule has 148 valence electrons. The molecule has 1 aliphatic heterocycles. The van der Waals surface area contributed by atoms with Crippen molar-refractivity contribution in [2.75, 3.05) is 24.6 Å². The Morgan fingerprint density at radius 2 is 1.78 bits per heavy atom. The van der Waals surface area contributed by atoms with Crippen molar-refractivity contribution in [3.8, 4) is 0 Å². The topological polar surface area (TPSA) is 69.6 Å². The molecule has 27 heavy (non-hydrogen) atoms. The Hall–Kier alpha value is -1.88. The second kappa shape index (κ2) is 9.88. The Morgan fingerprint density at radius 1 is 1.11 bits per heavy atom. The Bertz CT molecular complexity index is 602. The van der Waals surface area contributed by atoms with Crippen molar-refractivity contribution in [1.82, 2.24) is 5.32 Å². The number of hydrogen-bond donors (Lipinski definition) is 2. The number of aliphatic hydroxyl groups excluding tert-OH is 1. The molecule has 0 aromatic heterocycles. The molecule has 1 atom stereocenters. The Labute approximate surface area is 162 Å². The molecule has 2 fully saturated rings. The third kappa shape index (κ3) is 5.55. The average molecular weight is 373 g/mol. The quantitative estimate of drug-likeness (QED) is 0.722. The number of aliphatic hydroxyl groups is 1. The number of piperidine rings is 1. The number of carbonyl (C=O) groups excluding carboxylic acids is 2. The van der Waals surface area contributed by atoms with E-state index in [1.807, 2.05) is 24.3 Å². The number of nitrogens with zero attached hydrogens (tertiary/aromatic N) is 1. The van der Waals surface area contributed by atoms with Gasteiger partial charge in [-0.2, -0.15) is 0 Å². The van der Waals surface area contributed by atoms with E-state index in [1.54, 1.807) is 0 Å². The third-order valence-corrected chi connectivity index (χ3v) is 6.17. The van der Waals surface area contributed by atoms with Gasteiger partial charge in [0.2, 0.25) is 5.91 Å². The fourth-order valence-electron chi connectivity index (χ4n) is 4.49. The number of amides is 1. The standard InChI is InChI=1S/C22H32N2O3/c25-15-18-6-8-21(9-7-18)24-12-10-19(11-13-24)22(27)23-20(16-26)14-17-4-2-1-3-5-17/h6-9,15,17,19-20,26H,1-5,10-14,16H2,(H,23,27)/t20-/m0/s1. The highest BCUT2D eigenvalue weighted by Crippen LogP contribution is 2.28. The van der Waals surface area contributed by atoms with E-state index in [9.17, 15) is 14.7 Å². The van der Waals surface area contributed by atoms with Gasteiger partial charge in [-0.3, -0.25) is 9.59 Å². The molecule has 0 unspecified atom stereocenters. The first-order valence-corrected chi connectivity index (χ1v) is 10.4. The lowest BCUT2D eigenvalue weighted by Gasteiger charge is -2.34. The maximum Gasteiger partial charge on any atom is 0.223 e. The number of aldehydes is 1. The summed E-state index contributed by atoms with van der Waals surface area (Å²) in [7, 11) is 0. The highest BCUT2D eigenvalue weighted by Gasteiger charge is 2.27. The molecule has 0 bridgehead atoms. The van der Waals surface area contributed by atoms with Crippen LogP contribution in [-0.4, -0.2) is 43.0 Å². The van der Waals surface area contributed by atoms with Crippen LogP contribution in [0.15, 0.2) is 24.3 Å². The summed E-state index contributed by atoms with van der Waals surface area (Å²) in [6.45, 7) is 1.71. The number of nitrogens with one attached hydrogen (secondary N) is 1. The molecule has 3 rings (SSSR count). The molecule has 1 aromatic rings. The van der Waals surface area contributed by atoms with Crippen molar-refractivity contribution < 1.29 is 14.7 Å². The van der Waals surface area contributed by atoms with Gasteiger partial charge in [0.05, 0.1) is 12.6 Å². The second-order valence-corrected chi connectivity index (χ2v) is 8.10. The van der Waals surface area contributed by atoms with Gasteiger partial charge < -0.3 is 15.3 Å². The minimum absolute atomic E-state index is 0.0240. The molecule has 2 aliphatic rings. The van der Waals surface area contributed by atoms with Crippen LogP contribution in [0.1, 0.15) is 61.7 Å². The zero-order valence-corrected chi connectivity index (χ0v) is 16.1. The summed E-state index contributed by atoms with van der Waals surface area (Å²) in [5.41, 5.74) is 1.78. The van der Waals surface area contributed by atoms with Crippen LogP contribution in [0.4, 0.5) is 5.69 Å². The molecule has 0 radical (unpaired) electrons. The molecule has 1 aromatic carbocycles. The zero-order chi connectivity index (χ0) is 19.1. The van der Waals surface area contributed by atoms with E-state index >= 15 is 0 Å². The van der Waals surface area contributed by atoms with Crippen LogP contribution in [0.25, 0.3) is 0 Å². The van der Waals surface area contributed by atoms with Crippen molar-refractivity contribution in [3.63, 3.8) is 0 Å². The first kappa shape index (κ1) is 19.9. The monoisotopic (exact) mass is 372 g/mol. The van der Waals surface area contributed by atoms with E-state index in [1.165, 1.54) is 32.1 Å². The van der Waals surface area contributed by atoms with Gasteiger partial charge in [0.15, 0.2) is 0 Å². The lowest BCUT2D eigenvalue weighted by Crippen LogP contribution is -2.45. The molecule has 1 heterocycles. The van der Waals surface area contributed by atoms with Gasteiger partial charge in [0.25, 0.3) is 0 Å².